The van der Waals surface area contributed by atoms with Gasteiger partial charge in [-0.2, -0.15) is 9.37 Å². The highest BCUT2D eigenvalue weighted by molar-refractivity contribution is 6.33. The zero-order valence-corrected chi connectivity index (χ0v) is 20.8. The number of fused-ring (bicyclic) bond motifs is 2. The first kappa shape index (κ1) is 23.9. The summed E-state index contributed by atoms with van der Waals surface area (Å²) < 4.78 is 34.4. The lowest BCUT2D eigenvalue weighted by molar-refractivity contribution is -0.112. The summed E-state index contributed by atoms with van der Waals surface area (Å²) in [7, 11) is 0. The Morgan fingerprint density at radius 3 is 2.70 bits per heavy atom. The number of piperidine rings is 1. The molecular formula is C24H25ClFN7O4. The lowest BCUT2D eigenvalue weighted by atomic mass is 9.84. The van der Waals surface area contributed by atoms with E-state index in [0.717, 1.165) is 12.8 Å². The zero-order chi connectivity index (χ0) is 25.6. The number of amides is 1. The SMILES string of the molecule is CC1(OC(=O)N2CC3COCC(C2)C3Oc2ncnc(Nc3ccc(-n4ccnn4)cc3Cl)c2F)CC1. The average molecular weight is 530 g/mol. The minimum atomic E-state index is -0.735. The highest BCUT2D eigenvalue weighted by Gasteiger charge is 2.47. The number of nitrogens with zero attached hydrogens (tertiary/aromatic N) is 6. The second-order valence-corrected chi connectivity index (χ2v) is 10.2. The number of carbonyl (C=O) groups is 1. The van der Waals surface area contributed by atoms with Gasteiger partial charge in [-0.05, 0) is 38.0 Å². The molecule has 2 aliphatic heterocycles. The lowest BCUT2D eigenvalue weighted by Crippen LogP contribution is -2.59. The molecule has 1 amide bonds. The van der Waals surface area contributed by atoms with Crippen LogP contribution in [-0.4, -0.2) is 74.0 Å². The zero-order valence-electron chi connectivity index (χ0n) is 20.0. The number of likely N-dealkylation sites (tertiary alicyclic amines) is 1. The molecule has 1 N–H and O–H groups in total. The summed E-state index contributed by atoms with van der Waals surface area (Å²) in [6.45, 7) is 3.54. The number of halogens is 2. The van der Waals surface area contributed by atoms with E-state index in [-0.39, 0.29) is 41.3 Å². The predicted molar refractivity (Wildman–Crippen MR) is 130 cm³/mol. The van der Waals surface area contributed by atoms with Gasteiger partial charge < -0.3 is 24.4 Å². The maximum absolute atomic E-state index is 15.4. The Kier molecular flexibility index (Phi) is 6.07. The van der Waals surface area contributed by atoms with Crippen molar-refractivity contribution in [2.45, 2.75) is 31.5 Å². The molecule has 3 aliphatic rings. The lowest BCUT2D eigenvalue weighted by Gasteiger charge is -2.46. The summed E-state index contributed by atoms with van der Waals surface area (Å²) in [5.74, 6) is -1.26. The second kappa shape index (κ2) is 9.42. The van der Waals surface area contributed by atoms with Crippen LogP contribution in [0.5, 0.6) is 5.88 Å². The minimum Gasteiger partial charge on any atom is -0.471 e. The van der Waals surface area contributed by atoms with Gasteiger partial charge in [0, 0.05) is 24.9 Å². The molecule has 37 heavy (non-hydrogen) atoms. The molecule has 2 saturated heterocycles. The number of nitrogens with one attached hydrogen (secondary N) is 1. The molecule has 3 aromatic rings. The van der Waals surface area contributed by atoms with Gasteiger partial charge in [-0.1, -0.05) is 16.8 Å². The molecular weight excluding hydrogens is 505 g/mol. The molecule has 11 nitrogen and oxygen atoms in total. The summed E-state index contributed by atoms with van der Waals surface area (Å²) in [5, 5.41) is 11.0. The quantitative estimate of drug-likeness (QED) is 0.511. The Bertz CT molecular complexity index is 1290. The number of carbonyl (C=O) groups excluding carboxylic acids is 1. The molecule has 6 rings (SSSR count). The van der Waals surface area contributed by atoms with Crippen molar-refractivity contribution in [3.63, 3.8) is 0 Å². The van der Waals surface area contributed by atoms with Gasteiger partial charge in [0.15, 0.2) is 5.82 Å². The number of hydrogen-bond acceptors (Lipinski definition) is 9. The van der Waals surface area contributed by atoms with Gasteiger partial charge in [0.2, 0.25) is 5.82 Å². The van der Waals surface area contributed by atoms with Gasteiger partial charge in [0.05, 0.1) is 42.0 Å². The molecule has 2 aromatic heterocycles. The molecule has 1 saturated carbocycles. The second-order valence-electron chi connectivity index (χ2n) is 9.84. The third kappa shape index (κ3) is 4.90. The summed E-state index contributed by atoms with van der Waals surface area (Å²) in [6, 6.07) is 5.14. The summed E-state index contributed by atoms with van der Waals surface area (Å²) >= 11 is 6.41. The number of benzene rings is 1. The Hall–Kier alpha value is -3.51. The fourth-order valence-electron chi connectivity index (χ4n) is 4.67. The van der Waals surface area contributed by atoms with Crippen LogP contribution < -0.4 is 10.1 Å². The van der Waals surface area contributed by atoms with Crippen LogP contribution in [0.1, 0.15) is 19.8 Å². The Labute approximate surface area is 216 Å². The average Bonchev–Trinajstić information content (AvgIpc) is 3.35. The van der Waals surface area contributed by atoms with E-state index >= 15 is 4.39 Å². The Morgan fingerprint density at radius 2 is 2.03 bits per heavy atom. The van der Waals surface area contributed by atoms with E-state index in [9.17, 15) is 4.79 Å². The van der Waals surface area contributed by atoms with E-state index in [1.54, 1.807) is 40.2 Å². The number of hydrogen-bond donors (Lipinski definition) is 1. The molecule has 13 heteroatoms. The maximum atomic E-state index is 15.4. The van der Waals surface area contributed by atoms with E-state index in [1.165, 1.54) is 6.33 Å². The third-order valence-corrected chi connectivity index (χ3v) is 7.26. The number of aromatic nitrogens is 5. The number of rotatable bonds is 6. The first-order valence-corrected chi connectivity index (χ1v) is 12.4. The van der Waals surface area contributed by atoms with E-state index in [4.69, 9.17) is 25.8 Å². The molecule has 1 aliphatic carbocycles. The highest BCUT2D eigenvalue weighted by Crippen LogP contribution is 2.40. The van der Waals surface area contributed by atoms with Crippen molar-refractivity contribution in [1.29, 1.82) is 0 Å². The first-order chi connectivity index (χ1) is 17.9. The van der Waals surface area contributed by atoms with Crippen molar-refractivity contribution in [2.24, 2.45) is 11.8 Å². The van der Waals surface area contributed by atoms with Crippen LogP contribution in [0.2, 0.25) is 5.02 Å². The van der Waals surface area contributed by atoms with Gasteiger partial charge in [-0.15, -0.1) is 5.10 Å². The Balaban J connectivity index is 1.16. The summed E-state index contributed by atoms with van der Waals surface area (Å²) in [6.07, 6.45) is 5.56. The molecule has 2 atom stereocenters. The van der Waals surface area contributed by atoms with Crippen molar-refractivity contribution < 1.29 is 23.4 Å². The highest BCUT2D eigenvalue weighted by atomic mass is 35.5. The van der Waals surface area contributed by atoms with E-state index in [0.29, 0.717) is 42.7 Å². The fourth-order valence-corrected chi connectivity index (χ4v) is 4.89. The maximum Gasteiger partial charge on any atom is 0.410 e. The van der Waals surface area contributed by atoms with Gasteiger partial charge in [0.1, 0.15) is 18.0 Å². The van der Waals surface area contributed by atoms with Crippen molar-refractivity contribution in [2.75, 3.05) is 31.6 Å². The van der Waals surface area contributed by atoms with Crippen LogP contribution in [0.15, 0.2) is 36.9 Å². The normalized spacial score (nSPS) is 23.9. The van der Waals surface area contributed by atoms with Crippen LogP contribution in [0.25, 0.3) is 5.69 Å². The van der Waals surface area contributed by atoms with Gasteiger partial charge >= 0.3 is 6.09 Å². The van der Waals surface area contributed by atoms with Gasteiger partial charge in [0.25, 0.3) is 5.88 Å². The van der Waals surface area contributed by atoms with Gasteiger partial charge in [-0.25, -0.2) is 14.5 Å². The summed E-state index contributed by atoms with van der Waals surface area (Å²) in [4.78, 5) is 22.4. The monoisotopic (exact) mass is 529 g/mol. The smallest absolute Gasteiger partial charge is 0.410 e. The molecule has 0 spiro atoms. The molecule has 3 fully saturated rings. The van der Waals surface area contributed by atoms with Crippen LogP contribution in [-0.2, 0) is 9.47 Å². The van der Waals surface area contributed by atoms with Crippen LogP contribution in [0.4, 0.5) is 20.7 Å². The van der Waals surface area contributed by atoms with Gasteiger partial charge in [-0.3, -0.25) is 0 Å². The predicted octanol–water partition coefficient (Wildman–Crippen LogP) is 3.61. The van der Waals surface area contributed by atoms with Crippen LogP contribution in [0, 0.1) is 17.7 Å². The van der Waals surface area contributed by atoms with E-state index in [2.05, 4.69) is 25.6 Å². The molecule has 194 valence electrons. The van der Waals surface area contributed by atoms with Crippen molar-refractivity contribution in [3.8, 4) is 11.6 Å². The number of anilines is 2. The van der Waals surface area contributed by atoms with Crippen molar-refractivity contribution in [3.05, 3.63) is 47.8 Å². The fraction of sp³-hybridized carbons (Fsp3) is 0.458. The standard InChI is InChI=1S/C24H25ClFN7O4/c1-24(4-5-24)37-23(34)32-9-14-11-35-12-15(10-32)20(14)36-22-19(26)21(27-13-28-22)30-18-3-2-16(8-17(18)25)33-7-6-29-31-33/h2-3,6-8,13-15,20H,4-5,9-12H2,1H3,(H,27,28,30). The van der Waals surface area contributed by atoms with Crippen molar-refractivity contribution >= 4 is 29.2 Å². The van der Waals surface area contributed by atoms with Crippen LogP contribution >= 0.6 is 11.6 Å². The topological polar surface area (TPSA) is 117 Å². The first-order valence-electron chi connectivity index (χ1n) is 12.0. The summed E-state index contributed by atoms with van der Waals surface area (Å²) in [5.41, 5.74) is 0.814. The number of ether oxygens (including phenoxy) is 3. The minimum absolute atomic E-state index is 0.0690. The molecule has 2 unspecified atom stereocenters. The molecule has 4 heterocycles. The third-order valence-electron chi connectivity index (χ3n) is 6.95. The molecule has 0 radical (unpaired) electrons. The molecule has 1 aromatic carbocycles. The van der Waals surface area contributed by atoms with E-state index in [1.807, 2.05) is 6.92 Å². The van der Waals surface area contributed by atoms with Crippen LogP contribution in [0.3, 0.4) is 0 Å². The molecule has 2 bridgehead atoms. The largest absolute Gasteiger partial charge is 0.471 e. The van der Waals surface area contributed by atoms with Crippen molar-refractivity contribution in [1.82, 2.24) is 29.9 Å². The Morgan fingerprint density at radius 1 is 1.24 bits per heavy atom. The van der Waals surface area contributed by atoms with E-state index < -0.39 is 5.82 Å².